The minimum atomic E-state index is 0.309. The topological polar surface area (TPSA) is 15.3 Å². The minimum absolute atomic E-state index is 0.309. The van der Waals surface area contributed by atoms with Crippen LogP contribution in [0.25, 0.3) is 0 Å². The summed E-state index contributed by atoms with van der Waals surface area (Å²) in [7, 11) is 2.19. The van der Waals surface area contributed by atoms with E-state index in [9.17, 15) is 0 Å². The zero-order valence-electron chi connectivity index (χ0n) is 8.98. The summed E-state index contributed by atoms with van der Waals surface area (Å²) in [6, 6.07) is 0. The lowest BCUT2D eigenvalue weighted by Gasteiger charge is -2.67. The van der Waals surface area contributed by atoms with Gasteiger partial charge in [0.25, 0.3) is 0 Å². The van der Waals surface area contributed by atoms with E-state index in [4.69, 9.17) is 0 Å². The maximum Gasteiger partial charge on any atom is 0.0525 e. The molecule has 2 heterocycles. The minimum Gasteiger partial charge on any atom is -0.371 e. The first-order valence-corrected chi connectivity index (χ1v) is 5.16. The van der Waals surface area contributed by atoms with Crippen LogP contribution in [0.3, 0.4) is 0 Å². The van der Waals surface area contributed by atoms with E-state index >= 15 is 0 Å². The molecule has 0 atom stereocenters. The first-order chi connectivity index (χ1) is 6.02. The van der Waals surface area contributed by atoms with Gasteiger partial charge >= 0.3 is 0 Å². The Kier molecular flexibility index (Phi) is 1.75. The second-order valence-electron chi connectivity index (χ2n) is 4.91. The van der Waals surface area contributed by atoms with E-state index < -0.39 is 0 Å². The summed E-state index contributed by atoms with van der Waals surface area (Å²) < 4.78 is 0. The third kappa shape index (κ3) is 0.872. The van der Waals surface area contributed by atoms with Crippen LogP contribution in [0, 0.1) is 5.41 Å². The van der Waals surface area contributed by atoms with Gasteiger partial charge in [-0.2, -0.15) is 0 Å². The Morgan fingerprint density at radius 1 is 1.31 bits per heavy atom. The average molecular weight is 180 g/mol. The summed E-state index contributed by atoms with van der Waals surface area (Å²) >= 11 is 0. The van der Waals surface area contributed by atoms with E-state index in [2.05, 4.69) is 37.7 Å². The van der Waals surface area contributed by atoms with Gasteiger partial charge < -0.3 is 10.2 Å². The van der Waals surface area contributed by atoms with E-state index in [1.807, 2.05) is 0 Å². The van der Waals surface area contributed by atoms with Crippen LogP contribution in [0.5, 0.6) is 0 Å². The van der Waals surface area contributed by atoms with Crippen molar-refractivity contribution in [2.75, 3.05) is 20.1 Å². The molecule has 0 bridgehead atoms. The van der Waals surface area contributed by atoms with Crippen molar-refractivity contribution in [3.63, 3.8) is 0 Å². The van der Waals surface area contributed by atoms with Crippen molar-refractivity contribution in [3.05, 3.63) is 12.3 Å². The number of nitrogens with zero attached hydrogens (tertiary/aromatic N) is 1. The fourth-order valence-corrected chi connectivity index (χ4v) is 3.11. The molecule has 2 heteroatoms. The molecule has 2 aliphatic heterocycles. The van der Waals surface area contributed by atoms with Crippen molar-refractivity contribution in [3.8, 4) is 0 Å². The van der Waals surface area contributed by atoms with Gasteiger partial charge in [0.2, 0.25) is 0 Å². The van der Waals surface area contributed by atoms with Crippen molar-refractivity contribution >= 4 is 0 Å². The van der Waals surface area contributed by atoms with Crippen LogP contribution >= 0.6 is 0 Å². The van der Waals surface area contributed by atoms with Crippen LogP contribution < -0.4 is 5.32 Å². The number of piperidine rings is 1. The Morgan fingerprint density at radius 3 is 2.31 bits per heavy atom. The Bertz CT molecular complexity index is 236. The smallest absolute Gasteiger partial charge is 0.0525 e. The molecule has 74 valence electrons. The van der Waals surface area contributed by atoms with Crippen LogP contribution in [0.2, 0.25) is 0 Å². The molecule has 2 nitrogen and oxygen atoms in total. The standard InChI is InChI=1S/C11H20N2/c1-9-10(2,3)11(13(9)4)5-7-12-8-6-11/h12H,1,5-8H2,2-4H3. The Labute approximate surface area is 81.0 Å². The number of rotatable bonds is 0. The Hall–Kier alpha value is -0.500. The van der Waals surface area contributed by atoms with E-state index in [-0.39, 0.29) is 0 Å². The third-order valence-corrected chi connectivity index (χ3v) is 4.36. The summed E-state index contributed by atoms with van der Waals surface area (Å²) in [5, 5.41) is 3.42. The number of hydrogen-bond donors (Lipinski definition) is 1. The summed E-state index contributed by atoms with van der Waals surface area (Å²) in [6.07, 6.45) is 2.52. The molecule has 0 aromatic heterocycles. The van der Waals surface area contributed by atoms with Crippen molar-refractivity contribution in [1.29, 1.82) is 0 Å². The SMILES string of the molecule is C=C1N(C)C2(CCNCC2)C1(C)C. The maximum atomic E-state index is 4.15. The van der Waals surface area contributed by atoms with E-state index in [0.29, 0.717) is 11.0 Å². The average Bonchev–Trinajstić information content (AvgIpc) is 2.16. The molecule has 0 saturated carbocycles. The Morgan fingerprint density at radius 2 is 1.85 bits per heavy atom. The number of nitrogens with one attached hydrogen (secondary N) is 1. The molecular weight excluding hydrogens is 160 g/mol. The molecule has 2 fully saturated rings. The second kappa shape index (κ2) is 2.50. The largest absolute Gasteiger partial charge is 0.371 e. The van der Waals surface area contributed by atoms with E-state index in [1.165, 1.54) is 18.5 Å². The van der Waals surface area contributed by atoms with Crippen LogP contribution in [0.15, 0.2) is 12.3 Å². The third-order valence-electron chi connectivity index (χ3n) is 4.36. The van der Waals surface area contributed by atoms with Crippen molar-refractivity contribution in [2.45, 2.75) is 32.2 Å². The van der Waals surface area contributed by atoms with Gasteiger partial charge in [-0.3, -0.25) is 0 Å². The zero-order valence-corrected chi connectivity index (χ0v) is 8.98. The summed E-state index contributed by atoms with van der Waals surface area (Å²) in [6.45, 7) is 11.1. The van der Waals surface area contributed by atoms with Gasteiger partial charge in [-0.1, -0.05) is 20.4 Å². The molecule has 1 spiro atoms. The lowest BCUT2D eigenvalue weighted by molar-refractivity contribution is -0.0851. The molecule has 0 amide bonds. The molecule has 0 aromatic rings. The molecule has 0 radical (unpaired) electrons. The van der Waals surface area contributed by atoms with Crippen molar-refractivity contribution < 1.29 is 0 Å². The van der Waals surface area contributed by atoms with Crippen molar-refractivity contribution in [1.82, 2.24) is 10.2 Å². The lowest BCUT2D eigenvalue weighted by atomic mass is 9.57. The summed E-state index contributed by atoms with van der Waals surface area (Å²) in [5.41, 5.74) is 2.01. The number of likely N-dealkylation sites (tertiary alicyclic amines) is 1. The highest BCUT2D eigenvalue weighted by Crippen LogP contribution is 2.57. The van der Waals surface area contributed by atoms with Crippen LogP contribution in [-0.2, 0) is 0 Å². The fourth-order valence-electron chi connectivity index (χ4n) is 3.11. The lowest BCUT2D eigenvalue weighted by Crippen LogP contribution is -2.71. The van der Waals surface area contributed by atoms with Gasteiger partial charge in [-0.05, 0) is 25.9 Å². The summed E-state index contributed by atoms with van der Waals surface area (Å²) in [4.78, 5) is 2.40. The molecule has 2 saturated heterocycles. The van der Waals surface area contributed by atoms with Gasteiger partial charge in [0.05, 0.1) is 5.54 Å². The molecule has 2 aliphatic rings. The van der Waals surface area contributed by atoms with Gasteiger partial charge in [0.1, 0.15) is 0 Å². The van der Waals surface area contributed by atoms with Gasteiger partial charge in [0.15, 0.2) is 0 Å². The van der Waals surface area contributed by atoms with Gasteiger partial charge in [-0.25, -0.2) is 0 Å². The van der Waals surface area contributed by atoms with E-state index in [1.54, 1.807) is 0 Å². The summed E-state index contributed by atoms with van der Waals surface area (Å²) in [5.74, 6) is 0. The normalized spacial score (nSPS) is 30.4. The molecular formula is C11H20N2. The highest BCUT2D eigenvalue weighted by atomic mass is 15.3. The van der Waals surface area contributed by atoms with E-state index in [0.717, 1.165) is 13.1 Å². The van der Waals surface area contributed by atoms with Crippen LogP contribution in [0.4, 0.5) is 0 Å². The first kappa shape index (κ1) is 9.07. The molecule has 0 unspecified atom stereocenters. The predicted octanol–water partition coefficient (Wildman–Crippen LogP) is 1.59. The molecule has 0 aliphatic carbocycles. The van der Waals surface area contributed by atoms with Crippen LogP contribution in [-0.4, -0.2) is 30.6 Å². The maximum absolute atomic E-state index is 4.15. The monoisotopic (exact) mass is 180 g/mol. The highest BCUT2D eigenvalue weighted by molar-refractivity contribution is 5.30. The van der Waals surface area contributed by atoms with Crippen LogP contribution in [0.1, 0.15) is 26.7 Å². The van der Waals surface area contributed by atoms with Crippen molar-refractivity contribution in [2.24, 2.45) is 5.41 Å². The second-order valence-corrected chi connectivity index (χ2v) is 4.91. The quantitative estimate of drug-likeness (QED) is 0.609. The molecule has 2 rings (SSSR count). The molecule has 1 N–H and O–H groups in total. The first-order valence-electron chi connectivity index (χ1n) is 5.16. The Balaban J connectivity index is 2.26. The predicted molar refractivity (Wildman–Crippen MR) is 55.5 cm³/mol. The van der Waals surface area contributed by atoms with Gasteiger partial charge in [0, 0.05) is 18.2 Å². The fraction of sp³-hybridized carbons (Fsp3) is 0.818. The number of hydrogen-bond acceptors (Lipinski definition) is 2. The highest BCUT2D eigenvalue weighted by Gasteiger charge is 2.59. The van der Waals surface area contributed by atoms with Gasteiger partial charge in [-0.15, -0.1) is 0 Å². The zero-order chi connectivity index (χ0) is 9.69. The molecule has 0 aromatic carbocycles. The molecule has 13 heavy (non-hydrogen) atoms.